The lowest BCUT2D eigenvalue weighted by atomic mass is 9.77. The third-order valence-electron chi connectivity index (χ3n) is 6.55. The quantitative estimate of drug-likeness (QED) is 0.782. The number of ether oxygens (including phenoxy) is 2. The average molecular weight is 374 g/mol. The van der Waals surface area contributed by atoms with E-state index in [-0.39, 0.29) is 0 Å². The molecule has 0 aromatic heterocycles. The Morgan fingerprint density at radius 1 is 1.04 bits per heavy atom. The van der Waals surface area contributed by atoms with E-state index in [2.05, 4.69) is 29.2 Å². The molecule has 28 heavy (non-hydrogen) atoms. The molecule has 2 heterocycles. The Morgan fingerprint density at radius 2 is 1.89 bits per heavy atom. The van der Waals surface area contributed by atoms with Crippen molar-refractivity contribution in [3.8, 4) is 22.9 Å². The first-order chi connectivity index (χ1) is 13.8. The van der Waals surface area contributed by atoms with Crippen molar-refractivity contribution in [2.45, 2.75) is 45.1 Å². The van der Waals surface area contributed by atoms with E-state index in [1.807, 2.05) is 0 Å². The van der Waals surface area contributed by atoms with Crippen molar-refractivity contribution in [3.63, 3.8) is 0 Å². The number of benzene rings is 2. The molecule has 0 amide bonds. The summed E-state index contributed by atoms with van der Waals surface area (Å²) in [7, 11) is 1.72. The van der Waals surface area contributed by atoms with Crippen LogP contribution in [0.1, 0.15) is 47.1 Å². The molecular formula is C24H26N2O2. The lowest BCUT2D eigenvalue weighted by Crippen LogP contribution is -2.32. The van der Waals surface area contributed by atoms with Gasteiger partial charge in [0.1, 0.15) is 11.8 Å². The Hall–Kier alpha value is -2.51. The summed E-state index contributed by atoms with van der Waals surface area (Å²) in [5.41, 5.74) is 9.93. The minimum Gasteiger partial charge on any atom is -0.497 e. The van der Waals surface area contributed by atoms with Gasteiger partial charge in [0.2, 0.25) is 0 Å². The maximum absolute atomic E-state index is 10.1. The highest BCUT2D eigenvalue weighted by Gasteiger charge is 2.32. The van der Waals surface area contributed by atoms with Crippen LogP contribution in [0.2, 0.25) is 0 Å². The largest absolute Gasteiger partial charge is 0.497 e. The zero-order valence-electron chi connectivity index (χ0n) is 16.5. The monoisotopic (exact) mass is 374 g/mol. The van der Waals surface area contributed by atoms with Crippen molar-refractivity contribution in [3.05, 3.63) is 46.0 Å². The number of piperidine rings is 1. The number of rotatable bonds is 2. The number of nitrogens with zero attached hydrogens (tertiary/aromatic N) is 2. The second-order valence-corrected chi connectivity index (χ2v) is 8.02. The fourth-order valence-corrected chi connectivity index (χ4v) is 5.24. The van der Waals surface area contributed by atoms with E-state index in [0.29, 0.717) is 13.2 Å². The summed E-state index contributed by atoms with van der Waals surface area (Å²) in [6.45, 7) is 3.44. The third kappa shape index (κ3) is 2.69. The van der Waals surface area contributed by atoms with Gasteiger partial charge in [-0.1, -0.05) is 6.07 Å². The van der Waals surface area contributed by atoms with Gasteiger partial charge in [-0.25, -0.2) is 0 Å². The van der Waals surface area contributed by atoms with E-state index in [9.17, 15) is 5.26 Å². The maximum atomic E-state index is 10.1. The molecule has 1 saturated heterocycles. The molecule has 5 rings (SSSR count). The maximum Gasteiger partial charge on any atom is 0.119 e. The van der Waals surface area contributed by atoms with E-state index >= 15 is 0 Å². The minimum atomic E-state index is 0.609. The predicted molar refractivity (Wildman–Crippen MR) is 110 cm³/mol. The molecule has 4 nitrogen and oxygen atoms in total. The first kappa shape index (κ1) is 17.6. The van der Waals surface area contributed by atoms with E-state index in [4.69, 9.17) is 9.47 Å². The molecule has 144 valence electrons. The van der Waals surface area contributed by atoms with Crippen LogP contribution in [0.3, 0.4) is 0 Å². The Labute approximate surface area is 166 Å². The first-order valence-electron chi connectivity index (χ1n) is 10.4. The fourth-order valence-electron chi connectivity index (χ4n) is 5.24. The van der Waals surface area contributed by atoms with Crippen molar-refractivity contribution < 1.29 is 9.47 Å². The topological polar surface area (TPSA) is 45.5 Å². The van der Waals surface area contributed by atoms with Crippen molar-refractivity contribution >= 4 is 5.69 Å². The number of anilines is 1. The molecule has 2 aliphatic heterocycles. The van der Waals surface area contributed by atoms with Crippen molar-refractivity contribution in [1.82, 2.24) is 0 Å². The van der Waals surface area contributed by atoms with Gasteiger partial charge in [0, 0.05) is 13.1 Å². The van der Waals surface area contributed by atoms with Crippen LogP contribution in [-0.2, 0) is 30.6 Å². The van der Waals surface area contributed by atoms with Gasteiger partial charge in [0.05, 0.1) is 31.6 Å². The van der Waals surface area contributed by atoms with E-state index in [0.717, 1.165) is 43.7 Å². The van der Waals surface area contributed by atoms with Crippen LogP contribution in [-0.4, -0.2) is 26.8 Å². The Balaban J connectivity index is 1.79. The highest BCUT2D eigenvalue weighted by molar-refractivity contribution is 5.86. The minimum absolute atomic E-state index is 0.609. The molecule has 0 N–H and O–H groups in total. The number of fused-ring (bicyclic) bond motifs is 5. The molecule has 3 aliphatic rings. The highest BCUT2D eigenvalue weighted by Crippen LogP contribution is 2.47. The Kier molecular flexibility index (Phi) is 4.49. The van der Waals surface area contributed by atoms with Gasteiger partial charge in [-0.05, 0) is 84.0 Å². The number of aryl methyl sites for hydroxylation is 1. The number of methoxy groups -OCH3 is 1. The SMILES string of the molecule is COc1ccc2c(c1)CCc1c-2c2c(c(C#N)c1N1CCCCC1)CCOC2. The van der Waals surface area contributed by atoms with Crippen molar-refractivity contribution in [2.75, 3.05) is 31.7 Å². The van der Waals surface area contributed by atoms with Gasteiger partial charge in [0.15, 0.2) is 0 Å². The first-order valence-corrected chi connectivity index (χ1v) is 10.4. The van der Waals surface area contributed by atoms with Crippen LogP contribution >= 0.6 is 0 Å². The zero-order chi connectivity index (χ0) is 19.1. The molecule has 0 unspecified atom stereocenters. The standard InChI is InChI=1S/C24H26N2O2/c1-27-17-6-8-18-16(13-17)5-7-20-23(18)22-15-28-12-9-19(22)21(14-25)24(20)26-10-3-2-4-11-26/h6,8,13H,2-5,7,9-12,15H2,1H3. The van der Waals surface area contributed by atoms with Crippen LogP contribution in [0.4, 0.5) is 5.69 Å². The van der Waals surface area contributed by atoms with Gasteiger partial charge in [0.25, 0.3) is 0 Å². The molecule has 0 radical (unpaired) electrons. The Bertz CT molecular complexity index is 968. The summed E-state index contributed by atoms with van der Waals surface area (Å²) in [6.07, 6.45) is 6.52. The highest BCUT2D eigenvalue weighted by atomic mass is 16.5. The smallest absolute Gasteiger partial charge is 0.119 e. The lowest BCUT2D eigenvalue weighted by Gasteiger charge is -2.37. The van der Waals surface area contributed by atoms with Crippen LogP contribution in [0.15, 0.2) is 18.2 Å². The number of hydrogen-bond acceptors (Lipinski definition) is 4. The molecule has 0 spiro atoms. The molecule has 1 fully saturated rings. The van der Waals surface area contributed by atoms with E-state index in [1.54, 1.807) is 7.11 Å². The van der Waals surface area contributed by atoms with Gasteiger partial charge < -0.3 is 14.4 Å². The number of nitriles is 1. The summed E-state index contributed by atoms with van der Waals surface area (Å²) in [4.78, 5) is 2.49. The molecule has 4 heteroatoms. The van der Waals surface area contributed by atoms with E-state index < -0.39 is 0 Å². The van der Waals surface area contributed by atoms with Crippen LogP contribution < -0.4 is 9.64 Å². The molecule has 0 bridgehead atoms. The van der Waals surface area contributed by atoms with Crippen molar-refractivity contribution in [2.24, 2.45) is 0 Å². The second-order valence-electron chi connectivity index (χ2n) is 8.02. The molecule has 2 aromatic carbocycles. The summed E-state index contributed by atoms with van der Waals surface area (Å²) in [5, 5.41) is 10.1. The van der Waals surface area contributed by atoms with E-state index in [1.165, 1.54) is 58.3 Å². The Morgan fingerprint density at radius 3 is 2.68 bits per heavy atom. The van der Waals surface area contributed by atoms with Gasteiger partial charge >= 0.3 is 0 Å². The molecule has 2 aromatic rings. The average Bonchev–Trinajstić information content (AvgIpc) is 2.77. The summed E-state index contributed by atoms with van der Waals surface area (Å²) in [5.74, 6) is 0.914. The van der Waals surface area contributed by atoms with Gasteiger partial charge in [-0.15, -0.1) is 0 Å². The molecule has 1 aliphatic carbocycles. The van der Waals surface area contributed by atoms with Crippen LogP contribution in [0.25, 0.3) is 11.1 Å². The molecular weight excluding hydrogens is 348 g/mol. The molecule has 0 saturated carbocycles. The fraction of sp³-hybridized carbons (Fsp3) is 0.458. The summed E-state index contributed by atoms with van der Waals surface area (Å²) < 4.78 is 11.3. The van der Waals surface area contributed by atoms with Gasteiger partial charge in [-0.2, -0.15) is 5.26 Å². The zero-order valence-corrected chi connectivity index (χ0v) is 16.5. The number of hydrogen-bond donors (Lipinski definition) is 0. The lowest BCUT2D eigenvalue weighted by molar-refractivity contribution is 0.111. The van der Waals surface area contributed by atoms with Crippen LogP contribution in [0.5, 0.6) is 5.75 Å². The summed E-state index contributed by atoms with van der Waals surface area (Å²) >= 11 is 0. The normalized spacial score (nSPS) is 17.9. The second kappa shape index (κ2) is 7.14. The van der Waals surface area contributed by atoms with Gasteiger partial charge in [-0.3, -0.25) is 0 Å². The predicted octanol–water partition coefficient (Wildman–Crippen LogP) is 4.40. The molecule has 0 atom stereocenters. The van der Waals surface area contributed by atoms with Crippen LogP contribution in [0, 0.1) is 11.3 Å². The van der Waals surface area contributed by atoms with Crippen molar-refractivity contribution in [1.29, 1.82) is 5.26 Å². The summed E-state index contributed by atoms with van der Waals surface area (Å²) in [6, 6.07) is 9.03. The third-order valence-corrected chi connectivity index (χ3v) is 6.55.